The summed E-state index contributed by atoms with van der Waals surface area (Å²) in [7, 11) is 0. The Balaban J connectivity index is 0. The zero-order valence-corrected chi connectivity index (χ0v) is 12.0. The highest BCUT2D eigenvalue weighted by atomic mass is 16.5. The van der Waals surface area contributed by atoms with E-state index in [1.54, 1.807) is 0 Å². The van der Waals surface area contributed by atoms with Crippen LogP contribution in [0, 0.1) is 5.92 Å². The molecule has 0 aliphatic heterocycles. The van der Waals surface area contributed by atoms with Crippen molar-refractivity contribution in [3.63, 3.8) is 0 Å². The van der Waals surface area contributed by atoms with Gasteiger partial charge in [-0.05, 0) is 25.2 Å². The minimum absolute atomic E-state index is 0.165. The second kappa shape index (κ2) is 15.8. The van der Waals surface area contributed by atoms with E-state index in [4.69, 9.17) is 30.3 Å². The maximum Gasteiger partial charge on any atom is 0.100 e. The molecule has 5 N–H and O–H groups in total. The van der Waals surface area contributed by atoms with Crippen LogP contribution in [0.15, 0.2) is 0 Å². The van der Waals surface area contributed by atoms with Gasteiger partial charge in [0.15, 0.2) is 0 Å². The summed E-state index contributed by atoms with van der Waals surface area (Å²) in [6, 6.07) is 0. The van der Waals surface area contributed by atoms with E-state index in [1.165, 1.54) is 0 Å². The van der Waals surface area contributed by atoms with Crippen LogP contribution < -0.4 is 0 Å². The highest BCUT2D eigenvalue weighted by Crippen LogP contribution is 1.98. The average molecular weight is 282 g/mol. The molecule has 6 nitrogen and oxygen atoms in total. The normalized spacial score (nSPS) is 13.9. The predicted molar refractivity (Wildman–Crippen MR) is 72.8 cm³/mol. The monoisotopic (exact) mass is 282 g/mol. The molecule has 6 heteroatoms. The van der Waals surface area contributed by atoms with Gasteiger partial charge in [0.25, 0.3) is 0 Å². The van der Waals surface area contributed by atoms with Crippen LogP contribution in [0.3, 0.4) is 0 Å². The van der Waals surface area contributed by atoms with Gasteiger partial charge in [-0.15, -0.1) is 0 Å². The molecule has 118 valence electrons. The summed E-state index contributed by atoms with van der Waals surface area (Å²) in [6.07, 6.45) is 0.738. The van der Waals surface area contributed by atoms with Gasteiger partial charge in [-0.3, -0.25) is 0 Å². The highest BCUT2D eigenvalue weighted by Gasteiger charge is 2.01. The maximum absolute atomic E-state index is 8.80. The summed E-state index contributed by atoms with van der Waals surface area (Å²) in [5.41, 5.74) is 0. The first-order valence-corrected chi connectivity index (χ1v) is 6.74. The van der Waals surface area contributed by atoms with Gasteiger partial charge in [0.2, 0.25) is 0 Å². The Labute approximate surface area is 115 Å². The van der Waals surface area contributed by atoms with Gasteiger partial charge in [-0.2, -0.15) is 0 Å². The van der Waals surface area contributed by atoms with E-state index in [-0.39, 0.29) is 26.4 Å². The molecule has 0 aromatic heterocycles. The summed E-state index contributed by atoms with van der Waals surface area (Å²) in [5.74, 6) is 0.478. The Hall–Kier alpha value is -0.240. The Kier molecular flexibility index (Phi) is 17.5. The molecule has 0 aromatic carbocycles. The van der Waals surface area contributed by atoms with Crippen molar-refractivity contribution >= 4 is 0 Å². The molecule has 2 unspecified atom stereocenters. The predicted octanol–water partition coefficient (Wildman–Crippen LogP) is -0.486. The standard InChI is InChI=1S/C7H16O3.C6H14O3/c1-6(2)4-10-5-7(9)3-8;7-4-2-1-3-6(9)5-8/h6-9H,3-5H2,1-2H3;6-9H,1-5H2. The van der Waals surface area contributed by atoms with Gasteiger partial charge in [0.05, 0.1) is 25.9 Å². The molecule has 0 bridgehead atoms. The number of hydrogen-bond donors (Lipinski definition) is 5. The molecule has 0 spiro atoms. The molecule has 0 radical (unpaired) electrons. The average Bonchev–Trinajstić information content (AvgIpc) is 2.38. The summed E-state index contributed by atoms with van der Waals surface area (Å²) >= 11 is 0. The minimum Gasteiger partial charge on any atom is -0.396 e. The molecule has 0 saturated carbocycles. The smallest absolute Gasteiger partial charge is 0.100 e. The van der Waals surface area contributed by atoms with Crippen molar-refractivity contribution in [2.75, 3.05) is 33.0 Å². The van der Waals surface area contributed by atoms with Gasteiger partial charge in [0, 0.05) is 13.2 Å². The Morgan fingerprint density at radius 2 is 1.42 bits per heavy atom. The number of aliphatic hydroxyl groups excluding tert-OH is 5. The van der Waals surface area contributed by atoms with E-state index in [2.05, 4.69) is 0 Å². The molecule has 0 aliphatic rings. The second-order valence-electron chi connectivity index (χ2n) is 4.82. The van der Waals surface area contributed by atoms with Crippen LogP contribution in [0.1, 0.15) is 33.1 Å². The van der Waals surface area contributed by atoms with Crippen LogP contribution in [0.4, 0.5) is 0 Å². The molecule has 0 rings (SSSR count). The first-order valence-electron chi connectivity index (χ1n) is 6.74. The highest BCUT2D eigenvalue weighted by molar-refractivity contribution is 4.51. The largest absolute Gasteiger partial charge is 0.396 e. The SMILES string of the molecule is CC(C)COCC(O)CO.OCCCCC(O)CO. The van der Waals surface area contributed by atoms with Gasteiger partial charge < -0.3 is 30.3 Å². The van der Waals surface area contributed by atoms with Crippen LogP contribution in [0.5, 0.6) is 0 Å². The van der Waals surface area contributed by atoms with Crippen molar-refractivity contribution in [3.05, 3.63) is 0 Å². The molecule has 0 heterocycles. The molecule has 19 heavy (non-hydrogen) atoms. The van der Waals surface area contributed by atoms with E-state index >= 15 is 0 Å². The molecule has 0 saturated heterocycles. The van der Waals surface area contributed by atoms with E-state index < -0.39 is 12.2 Å². The fourth-order valence-corrected chi connectivity index (χ4v) is 1.08. The van der Waals surface area contributed by atoms with Gasteiger partial charge >= 0.3 is 0 Å². The third-order valence-electron chi connectivity index (χ3n) is 2.13. The molecule has 0 fully saturated rings. The second-order valence-corrected chi connectivity index (χ2v) is 4.82. The van der Waals surface area contributed by atoms with E-state index in [0.717, 1.165) is 6.42 Å². The van der Waals surface area contributed by atoms with Crippen molar-refractivity contribution < 1.29 is 30.3 Å². The van der Waals surface area contributed by atoms with E-state index in [9.17, 15) is 0 Å². The molecule has 0 aromatic rings. The van der Waals surface area contributed by atoms with Crippen LogP contribution in [-0.4, -0.2) is 70.8 Å². The summed E-state index contributed by atoms with van der Waals surface area (Å²) in [5, 5.41) is 42.5. The Bertz CT molecular complexity index is 165. The molecule has 2 atom stereocenters. The first-order chi connectivity index (χ1) is 8.97. The lowest BCUT2D eigenvalue weighted by Crippen LogP contribution is -2.20. The van der Waals surface area contributed by atoms with E-state index in [1.807, 2.05) is 13.8 Å². The number of ether oxygens (including phenoxy) is 1. The van der Waals surface area contributed by atoms with Gasteiger partial charge in [0.1, 0.15) is 6.10 Å². The topological polar surface area (TPSA) is 110 Å². The number of aliphatic hydroxyl groups is 5. The Morgan fingerprint density at radius 1 is 0.842 bits per heavy atom. The summed E-state index contributed by atoms with van der Waals surface area (Å²) in [6.45, 7) is 4.70. The van der Waals surface area contributed by atoms with Crippen molar-refractivity contribution in [3.8, 4) is 0 Å². The first kappa shape index (κ1) is 21.1. The quantitative estimate of drug-likeness (QED) is 0.346. The molecule has 0 aliphatic carbocycles. The van der Waals surface area contributed by atoms with Crippen LogP contribution in [-0.2, 0) is 4.74 Å². The van der Waals surface area contributed by atoms with Crippen molar-refractivity contribution in [2.45, 2.75) is 45.3 Å². The minimum atomic E-state index is -0.723. The summed E-state index contributed by atoms with van der Waals surface area (Å²) in [4.78, 5) is 0. The fourth-order valence-electron chi connectivity index (χ4n) is 1.08. The van der Waals surface area contributed by atoms with Crippen LogP contribution >= 0.6 is 0 Å². The van der Waals surface area contributed by atoms with Crippen LogP contribution in [0.25, 0.3) is 0 Å². The third-order valence-corrected chi connectivity index (χ3v) is 2.13. The Morgan fingerprint density at radius 3 is 1.84 bits per heavy atom. The lowest BCUT2D eigenvalue weighted by Gasteiger charge is -2.09. The molecular formula is C13H30O6. The van der Waals surface area contributed by atoms with Gasteiger partial charge in [-0.1, -0.05) is 13.8 Å². The molecular weight excluding hydrogens is 252 g/mol. The van der Waals surface area contributed by atoms with Crippen molar-refractivity contribution in [2.24, 2.45) is 5.92 Å². The lowest BCUT2D eigenvalue weighted by atomic mass is 10.2. The number of unbranched alkanes of at least 4 members (excludes halogenated alkanes) is 1. The van der Waals surface area contributed by atoms with Crippen molar-refractivity contribution in [1.82, 2.24) is 0 Å². The molecule has 0 amide bonds. The van der Waals surface area contributed by atoms with E-state index in [0.29, 0.717) is 25.4 Å². The van der Waals surface area contributed by atoms with Crippen molar-refractivity contribution in [1.29, 1.82) is 0 Å². The zero-order chi connectivity index (χ0) is 15.1. The lowest BCUT2D eigenvalue weighted by molar-refractivity contribution is -0.00132. The zero-order valence-electron chi connectivity index (χ0n) is 12.0. The number of rotatable bonds is 10. The van der Waals surface area contributed by atoms with Gasteiger partial charge in [-0.25, -0.2) is 0 Å². The third kappa shape index (κ3) is 20.2. The summed E-state index contributed by atoms with van der Waals surface area (Å²) < 4.78 is 5.04. The van der Waals surface area contributed by atoms with Crippen LogP contribution in [0.2, 0.25) is 0 Å². The number of hydrogen-bond acceptors (Lipinski definition) is 6. The maximum atomic E-state index is 8.80. The fraction of sp³-hybridized carbons (Fsp3) is 1.00.